The van der Waals surface area contributed by atoms with Gasteiger partial charge in [-0.25, -0.2) is 4.98 Å². The predicted molar refractivity (Wildman–Crippen MR) is 162 cm³/mol. The topological polar surface area (TPSA) is 92.5 Å². The number of aryl methyl sites for hydroxylation is 1. The Morgan fingerprint density at radius 3 is 2.56 bits per heavy atom. The van der Waals surface area contributed by atoms with Crippen molar-refractivity contribution in [1.82, 2.24) is 24.8 Å². The molecule has 1 aliphatic heterocycles. The van der Waals surface area contributed by atoms with Crippen LogP contribution in [0.2, 0.25) is 0 Å². The number of piperidine rings is 1. The van der Waals surface area contributed by atoms with Crippen LogP contribution in [0.25, 0.3) is 11.0 Å². The first kappa shape index (κ1) is 35.1. The Kier molecular flexibility index (Phi) is 15.3. The lowest BCUT2D eigenvalue weighted by molar-refractivity contribution is 0.0378. The lowest BCUT2D eigenvalue weighted by Crippen LogP contribution is -2.53. The molecule has 1 aliphatic rings. The van der Waals surface area contributed by atoms with Gasteiger partial charge in [0.25, 0.3) is 5.91 Å². The number of carbonyl (C=O) groups is 1. The number of benzene rings is 1. The largest absolute Gasteiger partial charge is 0.386 e. The molecule has 0 aliphatic carbocycles. The molecule has 1 amide bonds. The average molecular weight is 603 g/mol. The van der Waals surface area contributed by atoms with Crippen LogP contribution < -0.4 is 5.32 Å². The van der Waals surface area contributed by atoms with E-state index in [9.17, 15) is 9.90 Å². The number of halogens is 3. The first-order valence-electron chi connectivity index (χ1n) is 13.0. The summed E-state index contributed by atoms with van der Waals surface area (Å²) in [5.74, 6) is 0.705. The number of aliphatic hydroxyl groups is 1. The van der Waals surface area contributed by atoms with Gasteiger partial charge in [-0.05, 0) is 49.4 Å². The van der Waals surface area contributed by atoms with E-state index in [1.54, 1.807) is 13.3 Å². The van der Waals surface area contributed by atoms with Crippen LogP contribution >= 0.6 is 37.2 Å². The lowest BCUT2D eigenvalue weighted by Gasteiger charge is -2.40. The minimum absolute atomic E-state index is 0. The van der Waals surface area contributed by atoms with E-state index in [2.05, 4.69) is 28.7 Å². The van der Waals surface area contributed by atoms with E-state index in [0.717, 1.165) is 23.9 Å². The van der Waals surface area contributed by atoms with Crippen LogP contribution in [-0.2, 0) is 11.3 Å². The molecule has 4 rings (SSSR count). The monoisotopic (exact) mass is 601 g/mol. The number of pyridine rings is 1. The summed E-state index contributed by atoms with van der Waals surface area (Å²) in [5, 5.41) is 14.5. The molecule has 0 radical (unpaired) electrons. The minimum atomic E-state index is -0.678. The van der Waals surface area contributed by atoms with E-state index in [1.807, 2.05) is 47.4 Å². The number of methoxy groups -OCH3 is 1. The van der Waals surface area contributed by atoms with Gasteiger partial charge in [0, 0.05) is 58.1 Å². The van der Waals surface area contributed by atoms with Crippen LogP contribution in [0.4, 0.5) is 0 Å². The van der Waals surface area contributed by atoms with Gasteiger partial charge in [0.1, 0.15) is 6.10 Å². The Bertz CT molecular complexity index is 1130. The van der Waals surface area contributed by atoms with Crippen LogP contribution in [0.1, 0.15) is 55.5 Å². The third-order valence-electron chi connectivity index (χ3n) is 6.89. The fourth-order valence-electron chi connectivity index (χ4n) is 5.12. The number of nitrogens with one attached hydrogen (secondary N) is 1. The van der Waals surface area contributed by atoms with Gasteiger partial charge in [0.05, 0.1) is 16.7 Å². The maximum Gasteiger partial charge on any atom is 0.290 e. The molecule has 3 aromatic rings. The molecule has 11 heteroatoms. The molecule has 1 unspecified atom stereocenters. The van der Waals surface area contributed by atoms with Gasteiger partial charge >= 0.3 is 0 Å². The number of unbranched alkanes of at least 4 members (excludes halogenated alkanes) is 1. The molecule has 0 spiro atoms. The summed E-state index contributed by atoms with van der Waals surface area (Å²) in [6.45, 7) is 7.68. The van der Waals surface area contributed by atoms with Crippen molar-refractivity contribution in [2.45, 2.75) is 51.8 Å². The fourth-order valence-corrected chi connectivity index (χ4v) is 5.12. The highest BCUT2D eigenvalue weighted by atomic mass is 35.5. The molecular weight excluding hydrogens is 561 g/mol. The Balaban J connectivity index is 0.00000253. The molecule has 3 heterocycles. The summed E-state index contributed by atoms with van der Waals surface area (Å²) in [4.78, 5) is 25.2. The second-order valence-electron chi connectivity index (χ2n) is 10.1. The van der Waals surface area contributed by atoms with Gasteiger partial charge in [-0.3, -0.25) is 9.78 Å². The van der Waals surface area contributed by atoms with Crippen LogP contribution in [0.5, 0.6) is 0 Å². The maximum absolute atomic E-state index is 14.1. The average Bonchev–Trinajstić information content (AvgIpc) is 3.28. The maximum atomic E-state index is 14.1. The van der Waals surface area contributed by atoms with Gasteiger partial charge in [-0.1, -0.05) is 32.0 Å². The third-order valence-corrected chi connectivity index (χ3v) is 6.89. The molecule has 39 heavy (non-hydrogen) atoms. The molecule has 8 nitrogen and oxygen atoms in total. The number of amides is 1. The van der Waals surface area contributed by atoms with Gasteiger partial charge in [0.15, 0.2) is 5.82 Å². The number of fused-ring (bicyclic) bond motifs is 1. The van der Waals surface area contributed by atoms with E-state index in [1.165, 1.54) is 0 Å². The number of nitrogens with zero attached hydrogens (tertiary/aromatic N) is 4. The van der Waals surface area contributed by atoms with Crippen LogP contribution in [0.15, 0.2) is 48.7 Å². The SMILES string of the molecule is COCCCCn1c(C(=O)N(CC(C)C)[C@@H]2CNC[C@H](C(O)c3ccccn3)C2)nc2ccccc21.Cl.Cl.Cl. The van der Waals surface area contributed by atoms with E-state index in [4.69, 9.17) is 9.72 Å². The number of aromatic nitrogens is 3. The number of aliphatic hydroxyl groups excluding tert-OH is 1. The second kappa shape index (κ2) is 17.0. The highest BCUT2D eigenvalue weighted by Crippen LogP contribution is 2.29. The van der Waals surface area contributed by atoms with Gasteiger partial charge in [0.2, 0.25) is 0 Å². The van der Waals surface area contributed by atoms with Crippen molar-refractivity contribution >= 4 is 54.2 Å². The van der Waals surface area contributed by atoms with E-state index in [-0.39, 0.29) is 55.1 Å². The number of para-hydroxylation sites is 2. The molecule has 1 saturated heterocycles. The number of hydrogen-bond donors (Lipinski definition) is 2. The van der Waals surface area contributed by atoms with Crippen molar-refractivity contribution in [3.05, 3.63) is 60.2 Å². The van der Waals surface area contributed by atoms with Gasteiger partial charge in [-0.15, -0.1) is 37.2 Å². The van der Waals surface area contributed by atoms with Crippen molar-refractivity contribution in [3.8, 4) is 0 Å². The van der Waals surface area contributed by atoms with Crippen LogP contribution in [0.3, 0.4) is 0 Å². The molecule has 3 atom stereocenters. The fraction of sp³-hybridized carbons (Fsp3) is 0.536. The minimum Gasteiger partial charge on any atom is -0.386 e. The Morgan fingerprint density at radius 2 is 1.87 bits per heavy atom. The first-order chi connectivity index (χ1) is 17.5. The molecule has 2 aromatic heterocycles. The normalized spacial score (nSPS) is 17.6. The van der Waals surface area contributed by atoms with E-state index < -0.39 is 6.10 Å². The smallest absolute Gasteiger partial charge is 0.290 e. The van der Waals surface area contributed by atoms with Crippen LogP contribution in [-0.4, -0.2) is 69.8 Å². The van der Waals surface area contributed by atoms with Crippen molar-refractivity contribution in [1.29, 1.82) is 0 Å². The quantitative estimate of drug-likeness (QED) is 0.302. The summed E-state index contributed by atoms with van der Waals surface area (Å²) in [6.07, 6.45) is 3.56. The van der Waals surface area contributed by atoms with Crippen molar-refractivity contribution in [3.63, 3.8) is 0 Å². The molecule has 1 fully saturated rings. The first-order valence-corrected chi connectivity index (χ1v) is 13.0. The number of hydrogen-bond acceptors (Lipinski definition) is 6. The van der Waals surface area contributed by atoms with Crippen LogP contribution in [0, 0.1) is 11.8 Å². The summed E-state index contributed by atoms with van der Waals surface area (Å²) in [5.41, 5.74) is 2.49. The molecular formula is C28H42Cl3N5O3. The molecule has 0 bridgehead atoms. The van der Waals surface area contributed by atoms with Crippen molar-refractivity contribution in [2.24, 2.45) is 11.8 Å². The Morgan fingerprint density at radius 1 is 1.13 bits per heavy atom. The summed E-state index contributed by atoms with van der Waals surface area (Å²) < 4.78 is 7.28. The summed E-state index contributed by atoms with van der Waals surface area (Å²) in [6, 6.07) is 13.5. The zero-order valence-corrected chi connectivity index (χ0v) is 25.3. The van der Waals surface area contributed by atoms with Gasteiger partial charge < -0.3 is 24.6 Å². The highest BCUT2D eigenvalue weighted by Gasteiger charge is 2.35. The van der Waals surface area contributed by atoms with E-state index in [0.29, 0.717) is 56.6 Å². The van der Waals surface area contributed by atoms with Crippen molar-refractivity contribution in [2.75, 3.05) is 33.4 Å². The summed E-state index contributed by atoms with van der Waals surface area (Å²) in [7, 11) is 1.71. The standard InChI is InChI=1S/C28H39N5O3.3ClH/c1-20(2)19-33(22-16-21(17-29-18-22)26(34)24-11-6-7-13-30-24)28(35)27-31-23-10-4-5-12-25(23)32(27)14-8-9-15-36-3;;;/h4-7,10-13,20-22,26,29,34H,8-9,14-19H2,1-3H3;3*1H/t21-,22+,26?;;;/m1.../s1. The number of rotatable bonds is 11. The third kappa shape index (κ3) is 8.77. The zero-order chi connectivity index (χ0) is 25.5. The molecule has 1 aromatic carbocycles. The molecule has 218 valence electrons. The van der Waals surface area contributed by atoms with E-state index >= 15 is 0 Å². The number of imidazole rings is 1. The molecule has 2 N–H and O–H groups in total. The van der Waals surface area contributed by atoms with Crippen molar-refractivity contribution < 1.29 is 14.6 Å². The Hall–Kier alpha value is -1.94. The zero-order valence-electron chi connectivity index (χ0n) is 22.9. The van der Waals surface area contributed by atoms with Gasteiger partial charge in [-0.2, -0.15) is 0 Å². The molecule has 0 saturated carbocycles. The number of ether oxygens (including phenoxy) is 1. The summed E-state index contributed by atoms with van der Waals surface area (Å²) >= 11 is 0. The predicted octanol–water partition coefficient (Wildman–Crippen LogP) is 4.93. The number of carbonyl (C=O) groups excluding carboxylic acids is 1. The highest BCUT2D eigenvalue weighted by molar-refractivity contribution is 5.95. The lowest BCUT2D eigenvalue weighted by atomic mass is 9.88. The Labute approximate surface area is 250 Å². The second-order valence-corrected chi connectivity index (χ2v) is 10.1.